The predicted molar refractivity (Wildman–Crippen MR) is 95.7 cm³/mol. The van der Waals surface area contributed by atoms with E-state index in [1.165, 1.54) is 16.8 Å². The summed E-state index contributed by atoms with van der Waals surface area (Å²) in [6.07, 6.45) is 0.736. The molecule has 0 N–H and O–H groups in total. The van der Waals surface area contributed by atoms with Gasteiger partial charge in [-0.05, 0) is 52.9 Å². The average Bonchev–Trinajstić information content (AvgIpc) is 3.11. The van der Waals surface area contributed by atoms with Gasteiger partial charge in [0.25, 0.3) is 0 Å². The summed E-state index contributed by atoms with van der Waals surface area (Å²) in [4.78, 5) is 15.9. The molecule has 4 rings (SSSR count). The van der Waals surface area contributed by atoms with E-state index in [0.717, 1.165) is 11.7 Å². The van der Waals surface area contributed by atoms with Crippen LogP contribution in [0.2, 0.25) is 0 Å². The number of aldehydes is 1. The number of benzene rings is 2. The van der Waals surface area contributed by atoms with Crippen molar-refractivity contribution in [3.63, 3.8) is 0 Å². The average molecular weight is 363 g/mol. The van der Waals surface area contributed by atoms with Crippen molar-refractivity contribution in [3.05, 3.63) is 65.6 Å². The van der Waals surface area contributed by atoms with Crippen LogP contribution in [0.4, 0.5) is 4.39 Å². The zero-order valence-electron chi connectivity index (χ0n) is 14.3. The molecule has 2 aromatic heterocycles. The Kier molecular flexibility index (Phi) is 4.29. The van der Waals surface area contributed by atoms with E-state index in [0.29, 0.717) is 33.9 Å². The van der Waals surface area contributed by atoms with Crippen molar-refractivity contribution >= 4 is 17.2 Å². The Morgan fingerprint density at radius 3 is 2.81 bits per heavy atom. The fourth-order valence-corrected chi connectivity index (χ4v) is 2.77. The zero-order valence-corrected chi connectivity index (χ0v) is 14.3. The maximum Gasteiger partial charge on any atom is 0.182 e. The first-order chi connectivity index (χ1) is 13.1. The van der Waals surface area contributed by atoms with E-state index < -0.39 is 0 Å². The lowest BCUT2D eigenvalue weighted by atomic mass is 10.1. The van der Waals surface area contributed by atoms with Crippen LogP contribution < -0.4 is 4.74 Å². The quantitative estimate of drug-likeness (QED) is 0.507. The van der Waals surface area contributed by atoms with Crippen molar-refractivity contribution in [2.75, 3.05) is 0 Å². The molecule has 0 radical (unpaired) electrons. The molecule has 0 atom stereocenters. The summed E-state index contributed by atoms with van der Waals surface area (Å²) in [6, 6.07) is 13.1. The summed E-state index contributed by atoms with van der Waals surface area (Å²) >= 11 is 0. The van der Waals surface area contributed by atoms with Crippen molar-refractivity contribution in [3.8, 4) is 17.1 Å². The molecule has 0 fully saturated rings. The van der Waals surface area contributed by atoms with E-state index in [9.17, 15) is 9.18 Å². The number of nitrogens with zero attached hydrogens (tertiary/aromatic N) is 5. The maximum absolute atomic E-state index is 13.2. The zero-order chi connectivity index (χ0) is 18.8. The summed E-state index contributed by atoms with van der Waals surface area (Å²) in [7, 11) is 1.70. The highest BCUT2D eigenvalue weighted by Crippen LogP contribution is 2.25. The van der Waals surface area contributed by atoms with Gasteiger partial charge in [0.1, 0.15) is 18.2 Å². The third-order valence-corrected chi connectivity index (χ3v) is 4.11. The number of halogens is 1. The van der Waals surface area contributed by atoms with Crippen LogP contribution >= 0.6 is 0 Å². The summed E-state index contributed by atoms with van der Waals surface area (Å²) in [5.41, 5.74) is 2.43. The number of rotatable bonds is 5. The molecule has 7 nitrogen and oxygen atoms in total. The molecule has 2 heterocycles. The van der Waals surface area contributed by atoms with Gasteiger partial charge in [-0.3, -0.25) is 4.79 Å². The number of hydrogen-bond donors (Lipinski definition) is 0. The minimum atomic E-state index is -0.298. The van der Waals surface area contributed by atoms with Gasteiger partial charge in [-0.1, -0.05) is 6.07 Å². The second kappa shape index (κ2) is 6.91. The number of carbonyl (C=O) groups excluding carboxylic acids is 1. The monoisotopic (exact) mass is 363 g/mol. The number of pyridine rings is 1. The van der Waals surface area contributed by atoms with Crippen LogP contribution in [0.5, 0.6) is 5.75 Å². The number of hydrogen-bond acceptors (Lipinski definition) is 6. The van der Waals surface area contributed by atoms with Crippen molar-refractivity contribution < 1.29 is 13.9 Å². The van der Waals surface area contributed by atoms with E-state index in [2.05, 4.69) is 20.5 Å². The summed E-state index contributed by atoms with van der Waals surface area (Å²) in [5.74, 6) is 0.719. The highest BCUT2D eigenvalue weighted by atomic mass is 19.1. The fraction of sp³-hybridized carbons (Fsp3) is 0.105. The molecule has 0 saturated heterocycles. The van der Waals surface area contributed by atoms with E-state index in [1.807, 2.05) is 0 Å². The van der Waals surface area contributed by atoms with Gasteiger partial charge in [0.15, 0.2) is 12.1 Å². The molecular weight excluding hydrogens is 349 g/mol. The van der Waals surface area contributed by atoms with Crippen molar-refractivity contribution in [2.45, 2.75) is 6.61 Å². The lowest BCUT2D eigenvalue weighted by Gasteiger charge is -2.09. The van der Waals surface area contributed by atoms with Crippen LogP contribution in [0.3, 0.4) is 0 Å². The van der Waals surface area contributed by atoms with E-state index in [1.54, 1.807) is 43.4 Å². The SMILES string of the molecule is Cn1nnnc1-c1ccc(OCc2ccc3cc(F)ccc3n2)cc1C=O. The molecule has 0 aliphatic heterocycles. The number of aromatic nitrogens is 5. The molecule has 2 aromatic carbocycles. The summed E-state index contributed by atoms with van der Waals surface area (Å²) < 4.78 is 20.5. The van der Waals surface area contributed by atoms with Gasteiger partial charge in [-0.15, -0.1) is 5.10 Å². The molecule has 0 amide bonds. The largest absolute Gasteiger partial charge is 0.487 e. The normalized spacial score (nSPS) is 10.9. The molecule has 4 aromatic rings. The number of fused-ring (bicyclic) bond motifs is 1. The van der Waals surface area contributed by atoms with Crippen LogP contribution in [0, 0.1) is 5.82 Å². The lowest BCUT2D eigenvalue weighted by Crippen LogP contribution is -2.01. The Bertz CT molecular complexity index is 1140. The molecule has 0 aliphatic carbocycles. The number of tetrazole rings is 1. The van der Waals surface area contributed by atoms with Crippen LogP contribution in [0.15, 0.2) is 48.5 Å². The van der Waals surface area contributed by atoms with Crippen molar-refractivity contribution in [1.82, 2.24) is 25.2 Å². The Morgan fingerprint density at radius 2 is 2.04 bits per heavy atom. The molecule has 0 unspecified atom stereocenters. The van der Waals surface area contributed by atoms with E-state index in [-0.39, 0.29) is 12.4 Å². The maximum atomic E-state index is 13.2. The third kappa shape index (κ3) is 3.37. The third-order valence-electron chi connectivity index (χ3n) is 4.11. The highest BCUT2D eigenvalue weighted by molar-refractivity contribution is 5.86. The molecule has 0 bridgehead atoms. The molecule has 0 saturated carbocycles. The Morgan fingerprint density at radius 1 is 1.15 bits per heavy atom. The van der Waals surface area contributed by atoms with Gasteiger partial charge >= 0.3 is 0 Å². The topological polar surface area (TPSA) is 82.8 Å². The van der Waals surface area contributed by atoms with Gasteiger partial charge in [0, 0.05) is 23.6 Å². The van der Waals surface area contributed by atoms with Gasteiger partial charge in [-0.25, -0.2) is 14.1 Å². The van der Waals surface area contributed by atoms with Gasteiger partial charge in [0.2, 0.25) is 0 Å². The Balaban J connectivity index is 1.55. The Hall–Kier alpha value is -3.68. The molecule has 0 aliphatic rings. The standard InChI is InChI=1S/C19H14FN5O2/c1-25-19(22-23-24-25)17-6-5-16(9-13(17)10-26)27-11-15-4-2-12-8-14(20)3-7-18(12)21-15/h2-10H,11H2,1H3. The first-order valence-corrected chi connectivity index (χ1v) is 8.14. The number of carbonyl (C=O) groups is 1. The van der Waals surface area contributed by atoms with Gasteiger partial charge in [0.05, 0.1) is 11.2 Å². The van der Waals surface area contributed by atoms with Crippen LogP contribution in [0.1, 0.15) is 16.1 Å². The Labute approximate surface area is 153 Å². The first kappa shape index (κ1) is 16.8. The number of ether oxygens (including phenoxy) is 1. The van der Waals surface area contributed by atoms with Crippen molar-refractivity contribution in [2.24, 2.45) is 7.05 Å². The highest BCUT2D eigenvalue weighted by Gasteiger charge is 2.12. The van der Waals surface area contributed by atoms with Crippen LogP contribution in [0.25, 0.3) is 22.3 Å². The molecular formula is C19H14FN5O2. The minimum absolute atomic E-state index is 0.219. The van der Waals surface area contributed by atoms with Crippen LogP contribution in [-0.2, 0) is 13.7 Å². The molecule has 0 spiro atoms. The first-order valence-electron chi connectivity index (χ1n) is 8.14. The smallest absolute Gasteiger partial charge is 0.182 e. The summed E-state index contributed by atoms with van der Waals surface area (Å²) in [5, 5.41) is 12.0. The molecule has 134 valence electrons. The minimum Gasteiger partial charge on any atom is -0.487 e. The van der Waals surface area contributed by atoms with Gasteiger partial charge in [-0.2, -0.15) is 0 Å². The molecule has 8 heteroatoms. The number of aryl methyl sites for hydroxylation is 1. The van der Waals surface area contributed by atoms with Crippen LogP contribution in [-0.4, -0.2) is 31.5 Å². The lowest BCUT2D eigenvalue weighted by molar-refractivity contribution is 0.112. The molecule has 27 heavy (non-hydrogen) atoms. The predicted octanol–water partition coefficient (Wildman–Crippen LogP) is 2.96. The van der Waals surface area contributed by atoms with E-state index in [4.69, 9.17) is 4.74 Å². The van der Waals surface area contributed by atoms with E-state index >= 15 is 0 Å². The van der Waals surface area contributed by atoms with Crippen molar-refractivity contribution in [1.29, 1.82) is 0 Å². The van der Waals surface area contributed by atoms with Gasteiger partial charge < -0.3 is 4.74 Å². The second-order valence-corrected chi connectivity index (χ2v) is 5.92. The fourth-order valence-electron chi connectivity index (χ4n) is 2.77. The summed E-state index contributed by atoms with van der Waals surface area (Å²) in [6.45, 7) is 0.219. The second-order valence-electron chi connectivity index (χ2n) is 5.92.